The van der Waals surface area contributed by atoms with Gasteiger partial charge in [-0.1, -0.05) is 35.9 Å². The molecule has 1 amide bonds. The first-order chi connectivity index (χ1) is 12.2. The van der Waals surface area contributed by atoms with Crippen LogP contribution in [0.15, 0.2) is 60.9 Å². The van der Waals surface area contributed by atoms with E-state index in [9.17, 15) is 4.79 Å². The van der Waals surface area contributed by atoms with Gasteiger partial charge in [-0.15, -0.1) is 0 Å². The highest BCUT2D eigenvalue weighted by atomic mass is 35.5. The molecule has 124 valence electrons. The van der Waals surface area contributed by atoms with Gasteiger partial charge in [0.25, 0.3) is 5.91 Å². The lowest BCUT2D eigenvalue weighted by Crippen LogP contribution is -2.23. The van der Waals surface area contributed by atoms with Crippen molar-refractivity contribution < 1.29 is 4.79 Å². The van der Waals surface area contributed by atoms with Gasteiger partial charge in [0.05, 0.1) is 23.0 Å². The summed E-state index contributed by atoms with van der Waals surface area (Å²) in [4.78, 5) is 16.8. The van der Waals surface area contributed by atoms with Gasteiger partial charge in [0.1, 0.15) is 11.3 Å². The first-order valence-electron chi connectivity index (χ1n) is 7.72. The highest BCUT2D eigenvalue weighted by molar-refractivity contribution is 6.33. The van der Waals surface area contributed by atoms with E-state index < -0.39 is 0 Å². The van der Waals surface area contributed by atoms with Crippen LogP contribution in [0, 0.1) is 0 Å². The Morgan fingerprint density at radius 3 is 2.88 bits per heavy atom. The van der Waals surface area contributed by atoms with Crippen molar-refractivity contribution >= 4 is 23.2 Å². The topological polar surface area (TPSA) is 75.1 Å². The third-order valence-electron chi connectivity index (χ3n) is 3.82. The normalized spacial score (nSPS) is 10.9. The number of imidazole rings is 1. The van der Waals surface area contributed by atoms with Crippen molar-refractivity contribution in [1.29, 1.82) is 0 Å². The molecule has 6 nitrogen and oxygen atoms in total. The lowest BCUT2D eigenvalue weighted by atomic mass is 10.1. The molecule has 25 heavy (non-hydrogen) atoms. The lowest BCUT2D eigenvalue weighted by molar-refractivity contribution is 0.0945. The average molecular weight is 352 g/mol. The van der Waals surface area contributed by atoms with E-state index in [0.29, 0.717) is 23.0 Å². The Hall–Kier alpha value is -3.12. The molecule has 0 spiro atoms. The molecule has 0 unspecified atom stereocenters. The highest BCUT2D eigenvalue weighted by Gasteiger charge is 2.13. The molecular weight excluding hydrogens is 338 g/mol. The van der Waals surface area contributed by atoms with Crippen LogP contribution in [0.2, 0.25) is 5.02 Å². The fourth-order valence-corrected chi connectivity index (χ4v) is 2.82. The van der Waals surface area contributed by atoms with Gasteiger partial charge in [-0.25, -0.2) is 4.98 Å². The fraction of sp³-hybridized carbons (Fsp3) is 0.0556. The summed E-state index contributed by atoms with van der Waals surface area (Å²) in [6.45, 7) is 0.334. The van der Waals surface area contributed by atoms with Crippen LogP contribution in [0.3, 0.4) is 0 Å². The lowest BCUT2D eigenvalue weighted by Gasteiger charge is -2.00. The van der Waals surface area contributed by atoms with E-state index in [0.717, 1.165) is 16.9 Å². The van der Waals surface area contributed by atoms with E-state index in [1.54, 1.807) is 12.1 Å². The summed E-state index contributed by atoms with van der Waals surface area (Å²) in [5.41, 5.74) is 3.40. The summed E-state index contributed by atoms with van der Waals surface area (Å²) in [6, 6.07) is 14.8. The number of amides is 1. The minimum absolute atomic E-state index is 0.247. The molecule has 0 bridgehead atoms. The van der Waals surface area contributed by atoms with Crippen molar-refractivity contribution in [3.8, 4) is 11.3 Å². The smallest absolute Gasteiger partial charge is 0.269 e. The minimum Gasteiger partial charge on any atom is -0.345 e. The second-order valence-corrected chi connectivity index (χ2v) is 5.93. The first-order valence-corrected chi connectivity index (χ1v) is 8.09. The van der Waals surface area contributed by atoms with Crippen LogP contribution in [-0.2, 0) is 6.54 Å². The molecule has 3 heterocycles. The molecule has 7 heteroatoms. The zero-order valence-electron chi connectivity index (χ0n) is 13.1. The number of fused-ring (bicyclic) bond motifs is 1. The number of nitrogens with one attached hydrogen (secondary N) is 2. The minimum atomic E-state index is -0.247. The number of carbonyl (C=O) groups excluding carboxylic acids is 1. The van der Waals surface area contributed by atoms with E-state index in [4.69, 9.17) is 11.6 Å². The molecule has 4 rings (SSSR count). The van der Waals surface area contributed by atoms with Gasteiger partial charge in [-0.3, -0.25) is 9.89 Å². The van der Waals surface area contributed by atoms with E-state index in [2.05, 4.69) is 20.5 Å². The zero-order valence-corrected chi connectivity index (χ0v) is 13.9. The first kappa shape index (κ1) is 15.4. The van der Waals surface area contributed by atoms with Crippen molar-refractivity contribution in [2.24, 2.45) is 0 Å². The number of aromatic nitrogens is 4. The summed E-state index contributed by atoms with van der Waals surface area (Å²) in [6.07, 6.45) is 3.80. The van der Waals surface area contributed by atoms with Gasteiger partial charge in [-0.05, 0) is 24.3 Å². The van der Waals surface area contributed by atoms with Crippen molar-refractivity contribution in [2.45, 2.75) is 6.54 Å². The van der Waals surface area contributed by atoms with Crippen LogP contribution in [0.5, 0.6) is 0 Å². The highest BCUT2D eigenvalue weighted by Crippen LogP contribution is 2.26. The summed E-state index contributed by atoms with van der Waals surface area (Å²) in [7, 11) is 0. The molecule has 0 fully saturated rings. The number of hydrogen-bond donors (Lipinski definition) is 2. The van der Waals surface area contributed by atoms with Gasteiger partial charge in [-0.2, -0.15) is 5.10 Å². The van der Waals surface area contributed by atoms with E-state index in [1.807, 2.05) is 53.2 Å². The molecule has 0 saturated heterocycles. The number of benzene rings is 1. The Labute approximate surface area is 148 Å². The molecule has 0 aliphatic carbocycles. The molecule has 3 aromatic heterocycles. The van der Waals surface area contributed by atoms with Crippen molar-refractivity contribution in [3.63, 3.8) is 0 Å². The number of H-pyrrole nitrogens is 1. The molecule has 0 aliphatic heterocycles. The van der Waals surface area contributed by atoms with Gasteiger partial charge in [0.2, 0.25) is 0 Å². The number of nitrogens with zero attached hydrogens (tertiary/aromatic N) is 3. The van der Waals surface area contributed by atoms with Crippen molar-refractivity contribution in [1.82, 2.24) is 24.9 Å². The summed E-state index contributed by atoms with van der Waals surface area (Å²) < 4.78 is 1.91. The molecule has 2 N–H and O–H groups in total. The second-order valence-electron chi connectivity index (χ2n) is 5.53. The van der Waals surface area contributed by atoms with Crippen LogP contribution in [0.4, 0.5) is 0 Å². The number of hydrogen-bond acceptors (Lipinski definition) is 3. The Morgan fingerprint density at radius 1 is 1.20 bits per heavy atom. The molecule has 4 aromatic rings. The average Bonchev–Trinajstić information content (AvgIpc) is 3.27. The molecular formula is C18H14ClN5O. The molecule has 1 aromatic carbocycles. The maximum atomic E-state index is 12.3. The predicted molar refractivity (Wildman–Crippen MR) is 95.4 cm³/mol. The molecule has 0 radical (unpaired) electrons. The monoisotopic (exact) mass is 351 g/mol. The number of aromatic amines is 1. The summed E-state index contributed by atoms with van der Waals surface area (Å²) in [5, 5.41) is 10.3. The van der Waals surface area contributed by atoms with E-state index in [-0.39, 0.29) is 5.91 Å². The number of rotatable bonds is 4. The second kappa shape index (κ2) is 6.41. The maximum absolute atomic E-state index is 12.3. The largest absolute Gasteiger partial charge is 0.345 e. The van der Waals surface area contributed by atoms with Gasteiger partial charge in [0, 0.05) is 18.0 Å². The fourth-order valence-electron chi connectivity index (χ4n) is 2.58. The SMILES string of the molecule is O=C(NCc1cn2ccccc2n1)c1cc(-c2ccccc2Cl)n[nH]1. The molecule has 0 atom stereocenters. The maximum Gasteiger partial charge on any atom is 0.269 e. The Morgan fingerprint density at radius 2 is 2.04 bits per heavy atom. The van der Waals surface area contributed by atoms with Crippen LogP contribution >= 0.6 is 11.6 Å². The molecule has 0 saturated carbocycles. The predicted octanol–water partition coefficient (Wildman–Crippen LogP) is 3.31. The van der Waals surface area contributed by atoms with Gasteiger partial charge < -0.3 is 9.72 Å². The zero-order chi connectivity index (χ0) is 17.2. The third kappa shape index (κ3) is 3.12. The van der Waals surface area contributed by atoms with Gasteiger partial charge in [0.15, 0.2) is 0 Å². The number of carbonyl (C=O) groups is 1. The van der Waals surface area contributed by atoms with E-state index in [1.165, 1.54) is 0 Å². The Balaban J connectivity index is 1.47. The van der Waals surface area contributed by atoms with Crippen LogP contribution < -0.4 is 5.32 Å². The van der Waals surface area contributed by atoms with E-state index >= 15 is 0 Å². The third-order valence-corrected chi connectivity index (χ3v) is 4.15. The number of pyridine rings is 1. The Kier molecular flexibility index (Phi) is 3.95. The summed E-state index contributed by atoms with van der Waals surface area (Å²) in [5.74, 6) is -0.247. The van der Waals surface area contributed by atoms with Crippen LogP contribution in [0.25, 0.3) is 16.9 Å². The van der Waals surface area contributed by atoms with Crippen LogP contribution in [0.1, 0.15) is 16.2 Å². The quantitative estimate of drug-likeness (QED) is 0.592. The molecule has 0 aliphatic rings. The Bertz CT molecular complexity index is 1020. The van der Waals surface area contributed by atoms with Crippen molar-refractivity contribution in [2.75, 3.05) is 0 Å². The standard InChI is InChI=1S/C18H14ClN5O/c19-14-6-2-1-5-13(14)15-9-16(23-22-15)18(25)20-10-12-11-24-8-4-3-7-17(24)21-12/h1-9,11H,10H2,(H,20,25)(H,22,23). The van der Waals surface area contributed by atoms with Crippen molar-refractivity contribution in [3.05, 3.63) is 77.3 Å². The van der Waals surface area contributed by atoms with Crippen LogP contribution in [-0.4, -0.2) is 25.5 Å². The number of halogens is 1. The summed E-state index contributed by atoms with van der Waals surface area (Å²) >= 11 is 6.16. The van der Waals surface area contributed by atoms with Gasteiger partial charge >= 0.3 is 0 Å².